The first-order valence-electron chi connectivity index (χ1n) is 6.94. The summed E-state index contributed by atoms with van der Waals surface area (Å²) in [5, 5.41) is 2.98. The summed E-state index contributed by atoms with van der Waals surface area (Å²) in [5.74, 6) is -0.177. The Kier molecular flexibility index (Phi) is 6.17. The molecule has 1 aromatic rings. The second kappa shape index (κ2) is 7.41. The number of carbonyl (C=O) groups is 1. The van der Waals surface area contributed by atoms with Crippen LogP contribution in [0.15, 0.2) is 24.3 Å². The van der Waals surface area contributed by atoms with Crippen molar-refractivity contribution in [3.63, 3.8) is 0 Å². The predicted octanol–water partition coefficient (Wildman–Crippen LogP) is 1.87. The van der Waals surface area contributed by atoms with Gasteiger partial charge in [0.05, 0.1) is 12.5 Å². The molecule has 0 saturated heterocycles. The first-order chi connectivity index (χ1) is 9.35. The van der Waals surface area contributed by atoms with E-state index in [1.54, 1.807) is 7.11 Å². The van der Waals surface area contributed by atoms with Gasteiger partial charge in [-0.25, -0.2) is 0 Å². The third-order valence-corrected chi connectivity index (χ3v) is 2.97. The van der Waals surface area contributed by atoms with Crippen LogP contribution in [0.25, 0.3) is 0 Å². The lowest BCUT2D eigenvalue weighted by atomic mass is 9.96. The van der Waals surface area contributed by atoms with Crippen molar-refractivity contribution in [1.82, 2.24) is 5.32 Å². The van der Waals surface area contributed by atoms with Gasteiger partial charge in [0.15, 0.2) is 0 Å². The first kappa shape index (κ1) is 16.7. The summed E-state index contributed by atoms with van der Waals surface area (Å²) in [4.78, 5) is 12.2. The lowest BCUT2D eigenvalue weighted by molar-refractivity contribution is -0.126. The number of amides is 1. The van der Waals surface area contributed by atoms with Crippen molar-refractivity contribution in [2.75, 3.05) is 13.7 Å². The van der Waals surface area contributed by atoms with Crippen molar-refractivity contribution < 1.29 is 9.53 Å². The van der Waals surface area contributed by atoms with Gasteiger partial charge >= 0.3 is 0 Å². The molecule has 0 aromatic heterocycles. The Labute approximate surface area is 121 Å². The van der Waals surface area contributed by atoms with Crippen LogP contribution in [0.5, 0.6) is 0 Å². The summed E-state index contributed by atoms with van der Waals surface area (Å²) in [7, 11) is 1.68. The average molecular weight is 278 g/mol. The molecule has 0 spiro atoms. The maximum atomic E-state index is 12.2. The maximum absolute atomic E-state index is 12.2. The topological polar surface area (TPSA) is 64.3 Å². The van der Waals surface area contributed by atoms with Crippen molar-refractivity contribution >= 4 is 5.91 Å². The molecule has 1 unspecified atom stereocenters. The highest BCUT2D eigenvalue weighted by Crippen LogP contribution is 2.12. The molecule has 0 aliphatic heterocycles. The minimum atomic E-state index is -0.229. The van der Waals surface area contributed by atoms with Crippen molar-refractivity contribution in [3.8, 4) is 0 Å². The van der Waals surface area contributed by atoms with E-state index in [1.807, 2.05) is 45.0 Å². The molecule has 0 aliphatic carbocycles. The number of hydrogen-bond donors (Lipinski definition) is 2. The fourth-order valence-electron chi connectivity index (χ4n) is 1.98. The Morgan fingerprint density at radius 3 is 2.25 bits per heavy atom. The standard InChI is InChI=1S/C16H26N2O2/c1-16(2,3)18-15(19)14(10-17)9-12-5-7-13(8-6-12)11-20-4/h5-8,14H,9-11,17H2,1-4H3,(H,18,19). The predicted molar refractivity (Wildman–Crippen MR) is 81.3 cm³/mol. The van der Waals surface area contributed by atoms with Crippen molar-refractivity contribution in [3.05, 3.63) is 35.4 Å². The van der Waals surface area contributed by atoms with Gasteiger partial charge in [-0.1, -0.05) is 24.3 Å². The molecule has 0 radical (unpaired) electrons. The summed E-state index contributed by atoms with van der Waals surface area (Å²) >= 11 is 0. The van der Waals surface area contributed by atoms with E-state index < -0.39 is 0 Å². The number of nitrogens with one attached hydrogen (secondary N) is 1. The maximum Gasteiger partial charge on any atom is 0.225 e. The molecule has 1 rings (SSSR count). The van der Waals surface area contributed by atoms with Gasteiger partial charge in [-0.05, 0) is 38.3 Å². The van der Waals surface area contributed by atoms with Crippen LogP contribution < -0.4 is 11.1 Å². The zero-order valence-electron chi connectivity index (χ0n) is 12.9. The van der Waals surface area contributed by atoms with Gasteiger partial charge in [-0.3, -0.25) is 4.79 Å². The molecule has 1 atom stereocenters. The average Bonchev–Trinajstić information content (AvgIpc) is 2.36. The molecule has 0 fully saturated rings. The van der Waals surface area contributed by atoms with Crippen LogP contribution in [0, 0.1) is 5.92 Å². The van der Waals surface area contributed by atoms with Crippen LogP contribution in [-0.4, -0.2) is 25.1 Å². The molecule has 3 N–H and O–H groups in total. The highest BCUT2D eigenvalue weighted by atomic mass is 16.5. The minimum absolute atomic E-state index is 0.0148. The van der Waals surface area contributed by atoms with Crippen molar-refractivity contribution in [2.45, 2.75) is 39.3 Å². The zero-order chi connectivity index (χ0) is 15.2. The van der Waals surface area contributed by atoms with Crippen LogP contribution >= 0.6 is 0 Å². The summed E-state index contributed by atoms with van der Waals surface area (Å²) in [6.45, 7) is 6.86. The highest BCUT2D eigenvalue weighted by molar-refractivity contribution is 5.79. The Morgan fingerprint density at radius 1 is 1.25 bits per heavy atom. The Morgan fingerprint density at radius 2 is 1.80 bits per heavy atom. The molecular formula is C16H26N2O2. The summed E-state index contributed by atoms with van der Waals surface area (Å²) in [5.41, 5.74) is 7.75. The fourth-order valence-corrected chi connectivity index (χ4v) is 1.98. The van der Waals surface area contributed by atoms with E-state index in [-0.39, 0.29) is 17.4 Å². The van der Waals surface area contributed by atoms with E-state index in [0.29, 0.717) is 19.6 Å². The van der Waals surface area contributed by atoms with Crippen molar-refractivity contribution in [2.24, 2.45) is 11.7 Å². The molecule has 4 heteroatoms. The third kappa shape index (κ3) is 5.72. The number of carbonyl (C=O) groups excluding carboxylic acids is 1. The lowest BCUT2D eigenvalue weighted by Crippen LogP contribution is -2.46. The number of benzene rings is 1. The number of methoxy groups -OCH3 is 1. The van der Waals surface area contributed by atoms with E-state index >= 15 is 0 Å². The van der Waals surface area contributed by atoms with Crippen LogP contribution in [0.3, 0.4) is 0 Å². The van der Waals surface area contributed by atoms with Gasteiger partial charge < -0.3 is 15.8 Å². The van der Waals surface area contributed by atoms with Gasteiger partial charge in [-0.2, -0.15) is 0 Å². The monoisotopic (exact) mass is 278 g/mol. The van der Waals surface area contributed by atoms with Crippen LogP contribution in [0.1, 0.15) is 31.9 Å². The summed E-state index contributed by atoms with van der Waals surface area (Å²) in [6, 6.07) is 8.10. The van der Waals surface area contributed by atoms with Crippen LogP contribution in [0.4, 0.5) is 0 Å². The number of rotatable bonds is 6. The van der Waals surface area contributed by atoms with Gasteiger partial charge in [0, 0.05) is 19.2 Å². The smallest absolute Gasteiger partial charge is 0.225 e. The van der Waals surface area contributed by atoms with Gasteiger partial charge in [0.25, 0.3) is 0 Å². The van der Waals surface area contributed by atoms with E-state index in [2.05, 4.69) is 5.32 Å². The van der Waals surface area contributed by atoms with Gasteiger partial charge in [0.2, 0.25) is 5.91 Å². The largest absolute Gasteiger partial charge is 0.380 e. The van der Waals surface area contributed by atoms with E-state index in [4.69, 9.17) is 10.5 Å². The number of nitrogens with two attached hydrogens (primary N) is 1. The Bertz CT molecular complexity index is 421. The fraction of sp³-hybridized carbons (Fsp3) is 0.562. The molecule has 112 valence electrons. The zero-order valence-corrected chi connectivity index (χ0v) is 12.9. The first-order valence-corrected chi connectivity index (χ1v) is 6.94. The lowest BCUT2D eigenvalue weighted by Gasteiger charge is -2.24. The van der Waals surface area contributed by atoms with E-state index in [0.717, 1.165) is 11.1 Å². The molecule has 1 aromatic carbocycles. The molecule has 0 saturated carbocycles. The van der Waals surface area contributed by atoms with Gasteiger partial charge in [-0.15, -0.1) is 0 Å². The Hall–Kier alpha value is -1.39. The SMILES string of the molecule is COCc1ccc(CC(CN)C(=O)NC(C)(C)C)cc1. The quantitative estimate of drug-likeness (QED) is 0.835. The molecule has 0 heterocycles. The third-order valence-electron chi connectivity index (χ3n) is 2.97. The molecule has 4 nitrogen and oxygen atoms in total. The van der Waals surface area contributed by atoms with E-state index in [9.17, 15) is 4.79 Å². The second-order valence-corrected chi connectivity index (χ2v) is 6.13. The molecule has 1 amide bonds. The normalized spacial score (nSPS) is 13.1. The number of ether oxygens (including phenoxy) is 1. The second-order valence-electron chi connectivity index (χ2n) is 6.13. The summed E-state index contributed by atoms with van der Waals surface area (Å²) < 4.78 is 5.08. The van der Waals surface area contributed by atoms with E-state index in [1.165, 1.54) is 0 Å². The molecule has 20 heavy (non-hydrogen) atoms. The van der Waals surface area contributed by atoms with Gasteiger partial charge in [0.1, 0.15) is 0 Å². The highest BCUT2D eigenvalue weighted by Gasteiger charge is 2.21. The Balaban J connectivity index is 2.66. The molecular weight excluding hydrogens is 252 g/mol. The van der Waals surface area contributed by atoms with Crippen molar-refractivity contribution in [1.29, 1.82) is 0 Å². The molecule has 0 bridgehead atoms. The minimum Gasteiger partial charge on any atom is -0.380 e. The molecule has 0 aliphatic rings. The summed E-state index contributed by atoms with van der Waals surface area (Å²) in [6.07, 6.45) is 0.658. The van der Waals surface area contributed by atoms with Crippen LogP contribution in [0.2, 0.25) is 0 Å². The number of hydrogen-bond acceptors (Lipinski definition) is 3. The van der Waals surface area contributed by atoms with Crippen LogP contribution in [-0.2, 0) is 22.6 Å².